The zero-order chi connectivity index (χ0) is 12.6. The topological polar surface area (TPSA) is 64.9 Å². The summed E-state index contributed by atoms with van der Waals surface area (Å²) in [6.45, 7) is 0.183. The van der Waals surface area contributed by atoms with Crippen molar-refractivity contribution in [1.82, 2.24) is 10.6 Å². The van der Waals surface area contributed by atoms with Gasteiger partial charge in [0.1, 0.15) is 0 Å². The molecule has 7 heteroatoms. The van der Waals surface area contributed by atoms with Crippen LogP contribution in [-0.2, 0) is 4.79 Å². The maximum Gasteiger partial charge on any atom is 0.401 e. The highest BCUT2D eigenvalue weighted by molar-refractivity contribution is 5.78. The normalized spacial score (nSPS) is 12.9. The summed E-state index contributed by atoms with van der Waals surface area (Å²) in [5.41, 5.74) is 0. The summed E-state index contributed by atoms with van der Waals surface area (Å²) in [7, 11) is 0. The van der Waals surface area contributed by atoms with E-state index in [2.05, 4.69) is 5.32 Å². The lowest BCUT2D eigenvalue weighted by molar-refractivity contribution is -0.128. The quantitative estimate of drug-likeness (QED) is 0.722. The Morgan fingerprint density at radius 3 is 2.56 bits per heavy atom. The van der Waals surface area contributed by atoms with Crippen molar-refractivity contribution < 1.29 is 18.0 Å². The van der Waals surface area contributed by atoms with Crippen LogP contribution in [0.25, 0.3) is 0 Å². The van der Waals surface area contributed by atoms with Crippen LogP contribution in [0.3, 0.4) is 0 Å². The van der Waals surface area contributed by atoms with Gasteiger partial charge in [-0.15, -0.1) is 0 Å². The number of halogens is 3. The van der Waals surface area contributed by atoms with Gasteiger partial charge in [-0.2, -0.15) is 18.4 Å². The minimum Gasteiger partial charge on any atom is -0.351 e. The van der Waals surface area contributed by atoms with Gasteiger partial charge in [0.15, 0.2) is 0 Å². The van der Waals surface area contributed by atoms with Crippen LogP contribution in [0.2, 0.25) is 0 Å². The first-order valence-corrected chi connectivity index (χ1v) is 4.82. The molecule has 1 unspecified atom stereocenters. The van der Waals surface area contributed by atoms with E-state index in [1.54, 1.807) is 6.92 Å². The average Bonchev–Trinajstić information content (AvgIpc) is 2.15. The Morgan fingerprint density at radius 1 is 1.50 bits per heavy atom. The number of amides is 1. The first-order valence-electron chi connectivity index (χ1n) is 4.82. The Labute approximate surface area is 91.8 Å². The number of nitriles is 1. The van der Waals surface area contributed by atoms with Crippen molar-refractivity contribution in [3.63, 3.8) is 0 Å². The maximum absolute atomic E-state index is 11.7. The zero-order valence-corrected chi connectivity index (χ0v) is 8.90. The smallest absolute Gasteiger partial charge is 0.351 e. The largest absolute Gasteiger partial charge is 0.401 e. The molecule has 0 aromatic rings. The van der Waals surface area contributed by atoms with Gasteiger partial charge < -0.3 is 10.6 Å². The minimum atomic E-state index is -4.32. The van der Waals surface area contributed by atoms with Crippen molar-refractivity contribution >= 4 is 5.91 Å². The third kappa shape index (κ3) is 8.05. The third-order valence-electron chi connectivity index (χ3n) is 1.81. The summed E-state index contributed by atoms with van der Waals surface area (Å²) in [6.07, 6.45) is -3.60. The minimum absolute atomic E-state index is 0.154. The van der Waals surface area contributed by atoms with Crippen molar-refractivity contribution in [1.29, 1.82) is 5.26 Å². The number of carbonyl (C=O) groups is 1. The molecule has 0 aliphatic carbocycles. The standard InChI is InChI=1S/C9H14F3N3O/c1-2-7(3-4-13)15-8(16)5-14-6-9(10,11)12/h7,14H,2-3,5-6H2,1H3,(H,15,16). The summed E-state index contributed by atoms with van der Waals surface area (Å²) >= 11 is 0. The number of carbonyl (C=O) groups excluding carboxylic acids is 1. The number of rotatable bonds is 6. The van der Waals surface area contributed by atoms with Crippen LogP contribution in [0.5, 0.6) is 0 Å². The van der Waals surface area contributed by atoms with E-state index in [0.717, 1.165) is 0 Å². The summed E-state index contributed by atoms with van der Waals surface area (Å²) in [4.78, 5) is 11.1. The van der Waals surface area contributed by atoms with Gasteiger partial charge in [-0.3, -0.25) is 4.79 Å². The highest BCUT2D eigenvalue weighted by atomic mass is 19.4. The summed E-state index contributed by atoms with van der Waals surface area (Å²) in [5, 5.41) is 12.8. The van der Waals surface area contributed by atoms with Crippen LogP contribution in [0, 0.1) is 11.3 Å². The van der Waals surface area contributed by atoms with Crippen molar-refractivity contribution in [3.8, 4) is 6.07 Å². The van der Waals surface area contributed by atoms with E-state index in [4.69, 9.17) is 5.26 Å². The van der Waals surface area contributed by atoms with Gasteiger partial charge in [0.05, 0.1) is 25.6 Å². The van der Waals surface area contributed by atoms with Crippen LogP contribution in [0.4, 0.5) is 13.2 Å². The first kappa shape index (κ1) is 14.7. The lowest BCUT2D eigenvalue weighted by Crippen LogP contribution is -2.42. The van der Waals surface area contributed by atoms with Crippen molar-refractivity contribution in [2.24, 2.45) is 0 Å². The van der Waals surface area contributed by atoms with Crippen LogP contribution in [-0.4, -0.2) is 31.2 Å². The second-order valence-electron chi connectivity index (χ2n) is 3.25. The molecule has 0 saturated heterocycles. The molecule has 0 bridgehead atoms. The number of nitrogens with one attached hydrogen (secondary N) is 2. The van der Waals surface area contributed by atoms with Gasteiger partial charge >= 0.3 is 6.18 Å². The Balaban J connectivity index is 3.78. The van der Waals surface area contributed by atoms with E-state index >= 15 is 0 Å². The number of hydrogen-bond acceptors (Lipinski definition) is 3. The predicted molar refractivity (Wildman–Crippen MR) is 51.4 cm³/mol. The van der Waals surface area contributed by atoms with Crippen LogP contribution in [0.1, 0.15) is 19.8 Å². The molecule has 0 heterocycles. The molecule has 0 aliphatic heterocycles. The zero-order valence-electron chi connectivity index (χ0n) is 8.90. The predicted octanol–water partition coefficient (Wildman–Crippen LogP) is 0.947. The van der Waals surface area contributed by atoms with Gasteiger partial charge in [0, 0.05) is 6.04 Å². The fourth-order valence-corrected chi connectivity index (χ4v) is 1.00. The molecular weight excluding hydrogens is 223 g/mol. The van der Waals surface area contributed by atoms with E-state index < -0.39 is 25.2 Å². The molecule has 0 aliphatic rings. The summed E-state index contributed by atoms with van der Waals surface area (Å²) in [5.74, 6) is -0.536. The second kappa shape index (κ2) is 7.06. The van der Waals surface area contributed by atoms with Crippen molar-refractivity contribution in [2.75, 3.05) is 13.1 Å². The van der Waals surface area contributed by atoms with Gasteiger partial charge in [-0.05, 0) is 6.42 Å². The second-order valence-corrected chi connectivity index (χ2v) is 3.25. The van der Waals surface area contributed by atoms with Crippen molar-refractivity contribution in [2.45, 2.75) is 32.0 Å². The SMILES string of the molecule is CCC(CC#N)NC(=O)CNCC(F)(F)F. The molecule has 0 fully saturated rings. The van der Waals surface area contributed by atoms with Crippen LogP contribution in [0.15, 0.2) is 0 Å². The summed E-state index contributed by atoms with van der Waals surface area (Å²) in [6, 6.07) is 1.59. The molecule has 16 heavy (non-hydrogen) atoms. The Hall–Kier alpha value is -1.29. The van der Waals surface area contributed by atoms with E-state index in [9.17, 15) is 18.0 Å². The summed E-state index contributed by atoms with van der Waals surface area (Å²) < 4.78 is 35.2. The monoisotopic (exact) mass is 237 g/mol. The van der Waals surface area contributed by atoms with E-state index in [1.807, 2.05) is 11.4 Å². The van der Waals surface area contributed by atoms with Crippen molar-refractivity contribution in [3.05, 3.63) is 0 Å². The Bertz CT molecular complexity index is 260. The van der Waals surface area contributed by atoms with Gasteiger partial charge in [-0.25, -0.2) is 0 Å². The lowest BCUT2D eigenvalue weighted by atomic mass is 10.2. The van der Waals surface area contributed by atoms with Crippen LogP contribution < -0.4 is 10.6 Å². The van der Waals surface area contributed by atoms with E-state index in [1.165, 1.54) is 0 Å². The van der Waals surface area contributed by atoms with Gasteiger partial charge in [-0.1, -0.05) is 6.92 Å². The molecule has 0 radical (unpaired) electrons. The van der Waals surface area contributed by atoms with E-state index in [0.29, 0.717) is 6.42 Å². The molecule has 0 saturated carbocycles. The van der Waals surface area contributed by atoms with E-state index in [-0.39, 0.29) is 12.5 Å². The molecule has 0 aromatic heterocycles. The fraction of sp³-hybridized carbons (Fsp3) is 0.778. The molecule has 1 atom stereocenters. The highest BCUT2D eigenvalue weighted by Gasteiger charge is 2.26. The number of alkyl halides is 3. The number of nitrogens with zero attached hydrogens (tertiary/aromatic N) is 1. The molecule has 0 aromatic carbocycles. The Morgan fingerprint density at radius 2 is 2.12 bits per heavy atom. The third-order valence-corrected chi connectivity index (χ3v) is 1.81. The molecule has 92 valence electrons. The first-order chi connectivity index (χ1) is 7.39. The maximum atomic E-state index is 11.7. The molecule has 0 spiro atoms. The fourth-order valence-electron chi connectivity index (χ4n) is 1.00. The average molecular weight is 237 g/mol. The van der Waals surface area contributed by atoms with Gasteiger partial charge in [0.25, 0.3) is 0 Å². The van der Waals surface area contributed by atoms with Crippen LogP contribution >= 0.6 is 0 Å². The highest BCUT2D eigenvalue weighted by Crippen LogP contribution is 2.11. The lowest BCUT2D eigenvalue weighted by Gasteiger charge is -2.14. The number of hydrogen-bond donors (Lipinski definition) is 2. The molecule has 0 rings (SSSR count). The Kier molecular flexibility index (Phi) is 6.49. The molecule has 1 amide bonds. The molecular formula is C9H14F3N3O. The molecule has 4 nitrogen and oxygen atoms in total. The molecule has 2 N–H and O–H groups in total. The van der Waals surface area contributed by atoms with Gasteiger partial charge in [0.2, 0.25) is 5.91 Å².